The van der Waals surface area contributed by atoms with Crippen molar-refractivity contribution in [2.45, 2.75) is 57.7 Å². The Morgan fingerprint density at radius 3 is 2.59 bits per heavy atom. The highest BCUT2D eigenvalue weighted by atomic mass is 16.6. The van der Waals surface area contributed by atoms with E-state index in [1.807, 2.05) is 12.2 Å². The zero-order valence-electron chi connectivity index (χ0n) is 13.5. The van der Waals surface area contributed by atoms with Crippen LogP contribution in [0, 0.1) is 0 Å². The van der Waals surface area contributed by atoms with Gasteiger partial charge in [0.1, 0.15) is 17.7 Å². The zero-order chi connectivity index (χ0) is 16.8. The van der Waals surface area contributed by atoms with E-state index in [4.69, 9.17) is 4.74 Å². The Balaban J connectivity index is 2.73. The van der Waals surface area contributed by atoms with Crippen LogP contribution in [-0.4, -0.2) is 42.8 Å². The summed E-state index contributed by atoms with van der Waals surface area (Å²) in [6.07, 6.45) is 4.43. The monoisotopic (exact) mass is 312 g/mol. The lowest BCUT2D eigenvalue weighted by molar-refractivity contribution is -0.145. The molecule has 0 aromatic carbocycles. The summed E-state index contributed by atoms with van der Waals surface area (Å²) in [7, 11) is 1.27. The highest BCUT2D eigenvalue weighted by Crippen LogP contribution is 2.10. The minimum atomic E-state index is -0.759. The fraction of sp³-hybridized carbons (Fsp3) is 0.667. The van der Waals surface area contributed by atoms with E-state index in [2.05, 4.69) is 15.4 Å². The number of allylic oxidation sites excluding steroid dienone is 1. The smallest absolute Gasteiger partial charge is 0.408 e. The summed E-state index contributed by atoms with van der Waals surface area (Å²) in [5, 5.41) is 5.13. The number of hydrogen-bond acceptors (Lipinski definition) is 5. The summed E-state index contributed by atoms with van der Waals surface area (Å²) >= 11 is 0. The Hall–Kier alpha value is -2.05. The molecule has 1 rings (SSSR count). The summed E-state index contributed by atoms with van der Waals surface area (Å²) in [5.41, 5.74) is -0.645. The van der Waals surface area contributed by atoms with Crippen molar-refractivity contribution in [1.82, 2.24) is 10.6 Å². The number of carbonyl (C=O) groups is 3. The average molecular weight is 312 g/mol. The lowest BCUT2D eigenvalue weighted by Gasteiger charge is -2.24. The first-order valence-corrected chi connectivity index (χ1v) is 7.25. The Labute approximate surface area is 130 Å². The van der Waals surface area contributed by atoms with Gasteiger partial charge in [0.05, 0.1) is 7.11 Å². The van der Waals surface area contributed by atoms with Crippen molar-refractivity contribution in [3.63, 3.8) is 0 Å². The number of methoxy groups -OCH3 is 1. The third-order valence-corrected chi connectivity index (χ3v) is 2.97. The summed E-state index contributed by atoms with van der Waals surface area (Å²) in [5.74, 6) is -0.944. The van der Waals surface area contributed by atoms with Gasteiger partial charge in [0.15, 0.2) is 0 Å². The molecular weight excluding hydrogens is 288 g/mol. The second-order valence-corrected chi connectivity index (χ2v) is 6.07. The number of ether oxygens (including phenoxy) is 2. The fourth-order valence-electron chi connectivity index (χ4n) is 1.96. The van der Waals surface area contributed by atoms with Gasteiger partial charge in [0.25, 0.3) is 0 Å². The number of carbonyl (C=O) groups excluding carboxylic acids is 3. The van der Waals surface area contributed by atoms with Gasteiger partial charge in [-0.3, -0.25) is 4.79 Å². The van der Waals surface area contributed by atoms with E-state index in [-0.39, 0.29) is 0 Å². The molecule has 7 heteroatoms. The predicted molar refractivity (Wildman–Crippen MR) is 80.1 cm³/mol. The minimum absolute atomic E-state index is 0.359. The number of amides is 2. The van der Waals surface area contributed by atoms with Crippen molar-refractivity contribution in [1.29, 1.82) is 0 Å². The molecule has 2 unspecified atom stereocenters. The summed E-state index contributed by atoms with van der Waals surface area (Å²) < 4.78 is 9.81. The second-order valence-electron chi connectivity index (χ2n) is 6.07. The molecule has 1 aliphatic heterocycles. The van der Waals surface area contributed by atoms with E-state index in [0.717, 1.165) is 0 Å². The first kappa shape index (κ1) is 18.0. The molecular formula is C15H24N2O5. The molecule has 2 amide bonds. The Morgan fingerprint density at radius 2 is 2.00 bits per heavy atom. The fourth-order valence-corrected chi connectivity index (χ4v) is 1.96. The average Bonchev–Trinajstić information content (AvgIpc) is 2.48. The molecule has 0 aromatic rings. The van der Waals surface area contributed by atoms with Crippen LogP contribution >= 0.6 is 0 Å². The first-order chi connectivity index (χ1) is 10.2. The van der Waals surface area contributed by atoms with Gasteiger partial charge >= 0.3 is 12.1 Å². The maximum absolute atomic E-state index is 12.2. The topological polar surface area (TPSA) is 93.7 Å². The number of nitrogens with one attached hydrogen (secondary N) is 2. The van der Waals surface area contributed by atoms with Gasteiger partial charge in [0, 0.05) is 0 Å². The Morgan fingerprint density at radius 1 is 1.32 bits per heavy atom. The molecule has 0 saturated heterocycles. The standard InChI is InChI=1S/C15H24N2O5/c1-15(2,3)22-14(20)17-10-8-6-5-7-9-11(13(19)21-4)16-12(10)18/h5,7,10-11H,6,8-9H2,1-4H3,(H,16,18)(H,17,20)/b7-5-. The van der Waals surface area contributed by atoms with Crippen LogP contribution < -0.4 is 10.6 Å². The van der Waals surface area contributed by atoms with Crippen LogP contribution in [-0.2, 0) is 19.1 Å². The van der Waals surface area contributed by atoms with Gasteiger partial charge in [-0.05, 0) is 40.0 Å². The van der Waals surface area contributed by atoms with Crippen LogP contribution in [0.3, 0.4) is 0 Å². The molecule has 124 valence electrons. The summed E-state index contributed by atoms with van der Waals surface area (Å²) in [4.78, 5) is 35.7. The molecule has 0 aromatic heterocycles. The number of hydrogen-bond donors (Lipinski definition) is 2. The van der Waals surface area contributed by atoms with Crippen LogP contribution in [0.15, 0.2) is 12.2 Å². The molecule has 22 heavy (non-hydrogen) atoms. The van der Waals surface area contributed by atoms with E-state index in [0.29, 0.717) is 19.3 Å². The maximum atomic E-state index is 12.2. The van der Waals surface area contributed by atoms with Crippen LogP contribution in [0.1, 0.15) is 40.0 Å². The van der Waals surface area contributed by atoms with Crippen molar-refractivity contribution < 1.29 is 23.9 Å². The Bertz CT molecular complexity index is 453. The van der Waals surface area contributed by atoms with E-state index in [1.165, 1.54) is 7.11 Å². The van der Waals surface area contributed by atoms with Crippen molar-refractivity contribution in [3.05, 3.63) is 12.2 Å². The first-order valence-electron chi connectivity index (χ1n) is 7.25. The molecule has 1 aliphatic rings. The summed E-state index contributed by atoms with van der Waals surface area (Å²) in [6, 6.07) is -1.51. The number of esters is 1. The normalized spacial score (nSPS) is 24.1. The Kier molecular flexibility index (Phi) is 6.39. The number of rotatable bonds is 2. The van der Waals surface area contributed by atoms with Crippen LogP contribution in [0.5, 0.6) is 0 Å². The van der Waals surface area contributed by atoms with Gasteiger partial charge in [0.2, 0.25) is 5.91 Å². The van der Waals surface area contributed by atoms with Gasteiger partial charge in [-0.25, -0.2) is 9.59 Å². The highest BCUT2D eigenvalue weighted by Gasteiger charge is 2.28. The van der Waals surface area contributed by atoms with Gasteiger partial charge in [-0.15, -0.1) is 0 Å². The SMILES string of the molecule is COC(=O)C1C/C=C\CCC(NC(=O)OC(C)(C)C)C(=O)N1. The third-order valence-electron chi connectivity index (χ3n) is 2.97. The van der Waals surface area contributed by atoms with Gasteiger partial charge in [-0.1, -0.05) is 12.2 Å². The minimum Gasteiger partial charge on any atom is -0.467 e. The third kappa shape index (κ3) is 6.15. The molecule has 0 spiro atoms. The lowest BCUT2D eigenvalue weighted by Crippen LogP contribution is -2.52. The van der Waals surface area contributed by atoms with Gasteiger partial charge < -0.3 is 20.1 Å². The lowest BCUT2D eigenvalue weighted by atomic mass is 10.1. The van der Waals surface area contributed by atoms with Crippen molar-refractivity contribution in [2.24, 2.45) is 0 Å². The van der Waals surface area contributed by atoms with E-state index >= 15 is 0 Å². The quantitative estimate of drug-likeness (QED) is 0.592. The van der Waals surface area contributed by atoms with Gasteiger partial charge in [-0.2, -0.15) is 0 Å². The molecule has 7 nitrogen and oxygen atoms in total. The molecule has 0 saturated carbocycles. The van der Waals surface area contributed by atoms with Crippen molar-refractivity contribution in [2.75, 3.05) is 7.11 Å². The predicted octanol–water partition coefficient (Wildman–Crippen LogP) is 1.28. The maximum Gasteiger partial charge on any atom is 0.408 e. The van der Waals surface area contributed by atoms with E-state index in [9.17, 15) is 14.4 Å². The molecule has 2 atom stereocenters. The molecule has 2 N–H and O–H groups in total. The van der Waals surface area contributed by atoms with Crippen LogP contribution in [0.4, 0.5) is 4.79 Å². The largest absolute Gasteiger partial charge is 0.467 e. The zero-order valence-corrected chi connectivity index (χ0v) is 13.5. The molecule has 0 radical (unpaired) electrons. The van der Waals surface area contributed by atoms with E-state index in [1.54, 1.807) is 20.8 Å². The van der Waals surface area contributed by atoms with Crippen LogP contribution in [0.2, 0.25) is 0 Å². The van der Waals surface area contributed by atoms with Crippen LogP contribution in [0.25, 0.3) is 0 Å². The van der Waals surface area contributed by atoms with Crippen molar-refractivity contribution >= 4 is 18.0 Å². The molecule has 0 fully saturated rings. The number of alkyl carbamates (subject to hydrolysis) is 1. The molecule has 0 bridgehead atoms. The molecule has 1 heterocycles. The van der Waals surface area contributed by atoms with Crippen molar-refractivity contribution in [3.8, 4) is 0 Å². The summed E-state index contributed by atoms with van der Waals surface area (Å²) in [6.45, 7) is 5.23. The van der Waals surface area contributed by atoms with E-state index < -0.39 is 35.7 Å². The second kappa shape index (κ2) is 7.82. The molecule has 0 aliphatic carbocycles. The highest BCUT2D eigenvalue weighted by molar-refractivity contribution is 5.89.